The van der Waals surface area contributed by atoms with Gasteiger partial charge in [0, 0.05) is 31.4 Å². The number of piperidine rings is 1. The number of alkyl halides is 3. The molecule has 0 bridgehead atoms. The van der Waals surface area contributed by atoms with Crippen molar-refractivity contribution in [3.8, 4) is 5.75 Å². The number of benzene rings is 1. The number of anilines is 1. The van der Waals surface area contributed by atoms with Gasteiger partial charge < -0.3 is 20.8 Å². The molecule has 0 atom stereocenters. The Balaban J connectivity index is 1.22. The number of rotatable bonds is 9. The summed E-state index contributed by atoms with van der Waals surface area (Å²) in [4.78, 5) is 18.4. The van der Waals surface area contributed by atoms with Crippen molar-refractivity contribution in [1.29, 1.82) is 0 Å². The highest BCUT2D eigenvalue weighted by atomic mass is 32.1. The van der Waals surface area contributed by atoms with Gasteiger partial charge in [0.05, 0.1) is 6.42 Å². The second-order valence-electron chi connectivity index (χ2n) is 8.92. The van der Waals surface area contributed by atoms with Gasteiger partial charge in [-0.2, -0.15) is 5.10 Å². The molecule has 1 saturated heterocycles. The van der Waals surface area contributed by atoms with Crippen LogP contribution in [-0.2, 0) is 17.6 Å². The molecule has 0 spiro atoms. The molecule has 3 N–H and O–H groups in total. The molecule has 0 saturated carbocycles. The van der Waals surface area contributed by atoms with E-state index in [2.05, 4.69) is 35.2 Å². The van der Waals surface area contributed by atoms with E-state index in [1.807, 2.05) is 18.2 Å². The lowest BCUT2D eigenvalue weighted by Gasteiger charge is -2.32. The molecule has 3 heterocycles. The molecule has 1 amide bonds. The first kappa shape index (κ1) is 28.0. The first-order valence-corrected chi connectivity index (χ1v) is 13.2. The van der Waals surface area contributed by atoms with Crippen molar-refractivity contribution in [3.63, 3.8) is 0 Å². The average Bonchev–Trinajstić information content (AvgIpc) is 3.37. The van der Waals surface area contributed by atoms with Crippen LogP contribution >= 0.6 is 11.3 Å². The lowest BCUT2D eigenvalue weighted by molar-refractivity contribution is -0.274. The van der Waals surface area contributed by atoms with Crippen molar-refractivity contribution >= 4 is 28.2 Å². The number of allylic oxidation sites excluding steroid dienone is 1. The molecule has 1 aromatic carbocycles. The Morgan fingerprint density at radius 3 is 2.72 bits per heavy atom. The molecule has 3 aromatic rings. The highest BCUT2D eigenvalue weighted by Crippen LogP contribution is 2.32. The predicted octanol–water partition coefficient (Wildman–Crippen LogP) is 4.65. The Hall–Kier alpha value is -4.00. The smallest absolute Gasteiger partial charge is 0.406 e. The van der Waals surface area contributed by atoms with Crippen molar-refractivity contribution in [2.24, 2.45) is 10.9 Å². The Morgan fingerprint density at radius 1 is 1.21 bits per heavy atom. The number of aromatic nitrogens is 3. The third-order valence-corrected chi connectivity index (χ3v) is 7.07. The first-order chi connectivity index (χ1) is 18.8. The highest BCUT2D eigenvalue weighted by Gasteiger charge is 2.31. The summed E-state index contributed by atoms with van der Waals surface area (Å²) < 4.78 is 41.3. The highest BCUT2D eigenvalue weighted by molar-refractivity contribution is 7.15. The maximum Gasteiger partial charge on any atom is 0.573 e. The third kappa shape index (κ3) is 8.77. The van der Waals surface area contributed by atoms with E-state index in [0.29, 0.717) is 23.8 Å². The number of pyridine rings is 1. The van der Waals surface area contributed by atoms with Crippen LogP contribution in [0.2, 0.25) is 0 Å². The summed E-state index contributed by atoms with van der Waals surface area (Å²) in [6.07, 6.45) is 5.36. The Bertz CT molecular complexity index is 1290. The molecule has 206 valence electrons. The van der Waals surface area contributed by atoms with Gasteiger partial charge >= 0.3 is 6.36 Å². The molecule has 13 heteroatoms. The van der Waals surface area contributed by atoms with Crippen LogP contribution in [0.25, 0.3) is 0 Å². The summed E-state index contributed by atoms with van der Waals surface area (Å²) in [5, 5.41) is 16.5. The number of nitrogens with zero attached hydrogens (tertiary/aromatic N) is 5. The van der Waals surface area contributed by atoms with Crippen LogP contribution in [0.4, 0.5) is 18.3 Å². The molecule has 39 heavy (non-hydrogen) atoms. The van der Waals surface area contributed by atoms with E-state index in [0.717, 1.165) is 42.1 Å². The van der Waals surface area contributed by atoms with Crippen LogP contribution in [0.15, 0.2) is 66.0 Å². The quantitative estimate of drug-likeness (QED) is 0.170. The van der Waals surface area contributed by atoms with Crippen LogP contribution in [0.3, 0.4) is 0 Å². The number of likely N-dealkylation sites (tertiary alicyclic amines) is 1. The fraction of sp³-hybridized carbons (Fsp3) is 0.346. The summed E-state index contributed by atoms with van der Waals surface area (Å²) in [5.74, 6) is 6.10. The Labute approximate surface area is 227 Å². The summed E-state index contributed by atoms with van der Waals surface area (Å²) in [6.45, 7) is 1.45. The van der Waals surface area contributed by atoms with Gasteiger partial charge in [0.15, 0.2) is 0 Å². The van der Waals surface area contributed by atoms with Crippen LogP contribution in [0.1, 0.15) is 41.3 Å². The largest absolute Gasteiger partial charge is 0.573 e. The summed E-state index contributed by atoms with van der Waals surface area (Å²) >= 11 is 1.38. The second kappa shape index (κ2) is 13.2. The molecule has 1 fully saturated rings. The molecule has 2 aromatic heterocycles. The van der Waals surface area contributed by atoms with Gasteiger partial charge in [-0.3, -0.25) is 9.78 Å². The normalized spacial score (nSPS) is 15.1. The van der Waals surface area contributed by atoms with Gasteiger partial charge in [0.25, 0.3) is 0 Å². The number of hydrogen-bond acceptors (Lipinski definition) is 8. The van der Waals surface area contributed by atoms with E-state index < -0.39 is 6.36 Å². The van der Waals surface area contributed by atoms with Crippen LogP contribution < -0.4 is 15.9 Å². The van der Waals surface area contributed by atoms with E-state index in [9.17, 15) is 18.0 Å². The SMILES string of the molecule is N/N=C(\C=C/CCc1cccc(OC(F)(F)F)c1)N1CCC(c2nnc(NC(=O)Cc3cccnc3)s2)CC1. The van der Waals surface area contributed by atoms with Crippen molar-refractivity contribution in [2.75, 3.05) is 18.4 Å². The standard InChI is InChI=1S/C26H28F3N7O2S/c27-26(28,29)38-21-8-3-6-18(15-21)5-1-2-9-22(33-30)36-13-10-20(11-14-36)24-34-35-25(39-24)32-23(37)16-19-7-4-12-31-17-19/h2-4,6-9,12,15,17,20H,1,5,10-11,13-14,16,30H2,(H,32,35,37)/b9-2-,33-22+. The minimum absolute atomic E-state index is 0.168. The molecule has 0 unspecified atom stereocenters. The second-order valence-corrected chi connectivity index (χ2v) is 9.93. The van der Waals surface area contributed by atoms with E-state index in [1.165, 1.54) is 29.5 Å². The molecule has 1 aliphatic heterocycles. The third-order valence-electron chi connectivity index (χ3n) is 6.07. The zero-order chi connectivity index (χ0) is 27.7. The predicted molar refractivity (Wildman–Crippen MR) is 142 cm³/mol. The van der Waals surface area contributed by atoms with Crippen molar-refractivity contribution in [2.45, 2.75) is 44.4 Å². The van der Waals surface area contributed by atoms with Crippen molar-refractivity contribution < 1.29 is 22.7 Å². The van der Waals surface area contributed by atoms with Crippen molar-refractivity contribution in [1.82, 2.24) is 20.1 Å². The zero-order valence-corrected chi connectivity index (χ0v) is 21.8. The molecular formula is C26H28F3N7O2S. The minimum atomic E-state index is -4.71. The van der Waals surface area contributed by atoms with Gasteiger partial charge in [0.1, 0.15) is 16.6 Å². The van der Waals surface area contributed by atoms with E-state index in [4.69, 9.17) is 5.84 Å². The summed E-state index contributed by atoms with van der Waals surface area (Å²) in [6, 6.07) is 9.58. The van der Waals surface area contributed by atoms with Gasteiger partial charge in [-0.05, 0) is 61.1 Å². The summed E-state index contributed by atoms with van der Waals surface area (Å²) in [5.41, 5.74) is 1.56. The van der Waals surface area contributed by atoms with E-state index in [-0.39, 0.29) is 24.0 Å². The Kier molecular flexibility index (Phi) is 9.47. The number of nitrogens with two attached hydrogens (primary N) is 1. The number of ether oxygens (including phenoxy) is 1. The van der Waals surface area contributed by atoms with Crippen LogP contribution in [0, 0.1) is 0 Å². The lowest BCUT2D eigenvalue weighted by atomic mass is 9.97. The van der Waals surface area contributed by atoms with Gasteiger partial charge in [0.2, 0.25) is 11.0 Å². The van der Waals surface area contributed by atoms with Gasteiger partial charge in [-0.1, -0.05) is 35.6 Å². The molecule has 0 aliphatic carbocycles. The van der Waals surface area contributed by atoms with Crippen LogP contribution in [0.5, 0.6) is 5.75 Å². The fourth-order valence-corrected chi connectivity index (χ4v) is 5.15. The first-order valence-electron chi connectivity index (χ1n) is 12.4. The average molecular weight is 560 g/mol. The molecule has 1 aliphatic rings. The number of aryl methyl sites for hydroxylation is 1. The number of carbonyl (C=O) groups excluding carboxylic acids is 1. The number of amides is 1. The lowest BCUT2D eigenvalue weighted by Crippen LogP contribution is -2.37. The van der Waals surface area contributed by atoms with Gasteiger partial charge in [-0.15, -0.1) is 23.4 Å². The minimum Gasteiger partial charge on any atom is -0.406 e. The topological polar surface area (TPSA) is 119 Å². The molecular weight excluding hydrogens is 531 g/mol. The maximum atomic E-state index is 12.4. The molecule has 4 rings (SSSR count). The fourth-order valence-electron chi connectivity index (χ4n) is 4.22. The number of halogens is 3. The number of hydrazone groups is 1. The zero-order valence-electron chi connectivity index (χ0n) is 21.0. The van der Waals surface area contributed by atoms with Crippen molar-refractivity contribution in [3.05, 3.63) is 77.1 Å². The molecule has 0 radical (unpaired) electrons. The van der Waals surface area contributed by atoms with Gasteiger partial charge in [-0.25, -0.2) is 0 Å². The Morgan fingerprint density at radius 2 is 2.00 bits per heavy atom. The van der Waals surface area contributed by atoms with E-state index in [1.54, 1.807) is 24.5 Å². The number of hydrogen-bond donors (Lipinski definition) is 2. The summed E-state index contributed by atoms with van der Waals surface area (Å²) in [7, 11) is 0. The maximum absolute atomic E-state index is 12.4. The monoisotopic (exact) mass is 559 g/mol. The van der Waals surface area contributed by atoms with E-state index >= 15 is 0 Å². The number of nitrogens with one attached hydrogen (secondary N) is 1. The number of carbonyl (C=O) groups is 1. The van der Waals surface area contributed by atoms with Crippen LogP contribution in [-0.4, -0.2) is 51.3 Å². The molecule has 9 nitrogen and oxygen atoms in total. The number of amidine groups is 1.